The van der Waals surface area contributed by atoms with Crippen LogP contribution in [0.25, 0.3) is 10.8 Å². The Morgan fingerprint density at radius 1 is 0.952 bits per heavy atom. The molecule has 3 aromatic carbocycles. The maximum absolute atomic E-state index is 13.4. The maximum atomic E-state index is 13.4. The highest BCUT2D eigenvalue weighted by molar-refractivity contribution is 6.21. The van der Waals surface area contributed by atoms with Gasteiger partial charge in [-0.3, -0.25) is 0 Å². The highest BCUT2D eigenvalue weighted by atomic mass is 35.5. The lowest BCUT2D eigenvalue weighted by Crippen LogP contribution is -1.99. The van der Waals surface area contributed by atoms with Gasteiger partial charge in [0.25, 0.3) is 0 Å². The predicted octanol–water partition coefficient (Wildman–Crippen LogP) is 5.81. The van der Waals surface area contributed by atoms with Crippen molar-refractivity contribution < 1.29 is 4.39 Å². The molecular weight excluding hydrogens is 283 g/mol. The van der Waals surface area contributed by atoms with Gasteiger partial charge < -0.3 is 0 Å². The van der Waals surface area contributed by atoms with Crippen LogP contribution in [0.4, 0.5) is 4.39 Å². The van der Waals surface area contributed by atoms with Crippen LogP contribution in [0.3, 0.4) is 0 Å². The molecule has 0 heterocycles. The zero-order chi connectivity index (χ0) is 14.8. The van der Waals surface area contributed by atoms with Gasteiger partial charge in [-0.1, -0.05) is 48.5 Å². The van der Waals surface area contributed by atoms with E-state index in [4.69, 9.17) is 11.6 Å². The van der Waals surface area contributed by atoms with E-state index in [0.29, 0.717) is 6.42 Å². The number of benzene rings is 3. The lowest BCUT2D eigenvalue weighted by Gasteiger charge is -2.13. The van der Waals surface area contributed by atoms with Crippen LogP contribution in [0, 0.1) is 12.7 Å². The molecule has 0 fully saturated rings. The van der Waals surface area contributed by atoms with Gasteiger partial charge in [-0.15, -0.1) is 11.6 Å². The summed E-state index contributed by atoms with van der Waals surface area (Å²) < 4.78 is 13.4. The highest BCUT2D eigenvalue weighted by Crippen LogP contribution is 2.29. The van der Waals surface area contributed by atoms with Crippen molar-refractivity contribution in [3.8, 4) is 0 Å². The molecule has 1 unspecified atom stereocenters. The van der Waals surface area contributed by atoms with Gasteiger partial charge in [0, 0.05) is 0 Å². The quantitative estimate of drug-likeness (QED) is 0.535. The Hall–Kier alpha value is -1.86. The minimum atomic E-state index is -0.236. The molecule has 0 aromatic heterocycles. The number of halogens is 2. The standard InChI is InChI=1S/C19H16ClF/c1-13-6-9-17(21)12-18(13)19(20)11-14-7-8-15-4-2-3-5-16(15)10-14/h2-10,12,19H,11H2,1H3. The van der Waals surface area contributed by atoms with Crippen molar-refractivity contribution in [2.75, 3.05) is 0 Å². The fraction of sp³-hybridized carbons (Fsp3) is 0.158. The average molecular weight is 299 g/mol. The van der Waals surface area contributed by atoms with Crippen molar-refractivity contribution >= 4 is 22.4 Å². The van der Waals surface area contributed by atoms with E-state index in [9.17, 15) is 4.39 Å². The number of hydrogen-bond donors (Lipinski definition) is 0. The molecule has 0 radical (unpaired) electrons. The van der Waals surface area contributed by atoms with Crippen LogP contribution in [0.15, 0.2) is 60.7 Å². The van der Waals surface area contributed by atoms with E-state index in [-0.39, 0.29) is 11.2 Å². The van der Waals surface area contributed by atoms with Crippen LogP contribution in [0.5, 0.6) is 0 Å². The molecule has 0 aliphatic rings. The van der Waals surface area contributed by atoms with Gasteiger partial charge >= 0.3 is 0 Å². The zero-order valence-electron chi connectivity index (χ0n) is 11.8. The van der Waals surface area contributed by atoms with E-state index >= 15 is 0 Å². The average Bonchev–Trinajstić information content (AvgIpc) is 2.49. The molecule has 0 bridgehead atoms. The second kappa shape index (κ2) is 5.87. The fourth-order valence-electron chi connectivity index (χ4n) is 2.63. The van der Waals surface area contributed by atoms with Crippen molar-refractivity contribution in [2.45, 2.75) is 18.7 Å². The van der Waals surface area contributed by atoms with Gasteiger partial charge in [-0.2, -0.15) is 0 Å². The van der Waals surface area contributed by atoms with Gasteiger partial charge in [0.2, 0.25) is 0 Å². The van der Waals surface area contributed by atoms with Gasteiger partial charge in [0.15, 0.2) is 0 Å². The van der Waals surface area contributed by atoms with Crippen molar-refractivity contribution in [2.24, 2.45) is 0 Å². The number of hydrogen-bond acceptors (Lipinski definition) is 0. The molecule has 0 aliphatic heterocycles. The molecule has 21 heavy (non-hydrogen) atoms. The predicted molar refractivity (Wildman–Crippen MR) is 87.4 cm³/mol. The van der Waals surface area contributed by atoms with Gasteiger partial charge in [-0.05, 0) is 52.9 Å². The molecule has 2 heteroatoms. The molecule has 3 rings (SSSR count). The minimum Gasteiger partial charge on any atom is -0.207 e. The fourth-order valence-corrected chi connectivity index (χ4v) is 3.04. The Bertz CT molecular complexity index is 779. The monoisotopic (exact) mass is 298 g/mol. The molecule has 3 aromatic rings. The highest BCUT2D eigenvalue weighted by Gasteiger charge is 2.13. The summed E-state index contributed by atoms with van der Waals surface area (Å²) in [6, 6.07) is 19.4. The molecule has 0 nitrogen and oxygen atoms in total. The first kappa shape index (κ1) is 14.1. The summed E-state index contributed by atoms with van der Waals surface area (Å²) in [6.07, 6.45) is 0.691. The number of aryl methyl sites for hydroxylation is 1. The van der Waals surface area contributed by atoms with Crippen molar-refractivity contribution in [1.29, 1.82) is 0 Å². The first-order valence-electron chi connectivity index (χ1n) is 7.01. The molecule has 0 spiro atoms. The Kier molecular flexibility index (Phi) is 3.94. The molecular formula is C19H16ClF. The van der Waals surface area contributed by atoms with Crippen LogP contribution >= 0.6 is 11.6 Å². The van der Waals surface area contributed by atoms with Crippen LogP contribution in [0.2, 0.25) is 0 Å². The Labute approximate surface area is 129 Å². The Balaban J connectivity index is 1.88. The van der Waals surface area contributed by atoms with Crippen LogP contribution in [-0.2, 0) is 6.42 Å². The summed E-state index contributed by atoms with van der Waals surface area (Å²) in [5, 5.41) is 2.20. The second-order valence-electron chi connectivity index (χ2n) is 5.35. The summed E-state index contributed by atoms with van der Waals surface area (Å²) in [5.41, 5.74) is 3.05. The van der Waals surface area contributed by atoms with Gasteiger partial charge in [-0.25, -0.2) is 4.39 Å². The summed E-state index contributed by atoms with van der Waals surface area (Å²) in [4.78, 5) is 0. The smallest absolute Gasteiger partial charge is 0.123 e. The SMILES string of the molecule is Cc1ccc(F)cc1C(Cl)Cc1ccc2ccccc2c1. The largest absolute Gasteiger partial charge is 0.207 e. The van der Waals surface area contributed by atoms with E-state index in [2.05, 4.69) is 30.3 Å². The zero-order valence-corrected chi connectivity index (χ0v) is 12.6. The van der Waals surface area contributed by atoms with Crippen molar-refractivity contribution in [1.82, 2.24) is 0 Å². The summed E-state index contributed by atoms with van der Waals surface area (Å²) in [5.74, 6) is -0.236. The number of alkyl halides is 1. The molecule has 0 saturated carbocycles. The lowest BCUT2D eigenvalue weighted by atomic mass is 9.98. The first-order valence-corrected chi connectivity index (χ1v) is 7.45. The Morgan fingerprint density at radius 2 is 1.71 bits per heavy atom. The van der Waals surface area contributed by atoms with E-state index in [1.54, 1.807) is 6.07 Å². The molecule has 0 N–H and O–H groups in total. The summed E-state index contributed by atoms with van der Waals surface area (Å²) >= 11 is 6.50. The van der Waals surface area contributed by atoms with Crippen LogP contribution in [-0.4, -0.2) is 0 Å². The van der Waals surface area contributed by atoms with E-state index in [0.717, 1.165) is 16.7 Å². The third-order valence-electron chi connectivity index (χ3n) is 3.81. The molecule has 0 aliphatic carbocycles. The summed E-state index contributed by atoms with van der Waals surface area (Å²) in [7, 11) is 0. The van der Waals surface area contributed by atoms with E-state index in [1.807, 2.05) is 19.1 Å². The number of fused-ring (bicyclic) bond motifs is 1. The molecule has 0 amide bonds. The minimum absolute atomic E-state index is 0.220. The molecule has 106 valence electrons. The normalized spacial score (nSPS) is 12.5. The van der Waals surface area contributed by atoms with Gasteiger partial charge in [0.1, 0.15) is 5.82 Å². The number of rotatable bonds is 3. The second-order valence-corrected chi connectivity index (χ2v) is 5.88. The molecule has 1 atom stereocenters. The maximum Gasteiger partial charge on any atom is 0.123 e. The lowest BCUT2D eigenvalue weighted by molar-refractivity contribution is 0.624. The van der Waals surface area contributed by atoms with E-state index in [1.165, 1.54) is 22.9 Å². The van der Waals surface area contributed by atoms with Crippen molar-refractivity contribution in [3.05, 3.63) is 83.2 Å². The van der Waals surface area contributed by atoms with Crippen molar-refractivity contribution in [3.63, 3.8) is 0 Å². The topological polar surface area (TPSA) is 0 Å². The van der Waals surface area contributed by atoms with Crippen LogP contribution < -0.4 is 0 Å². The van der Waals surface area contributed by atoms with Gasteiger partial charge in [0.05, 0.1) is 5.38 Å². The Morgan fingerprint density at radius 3 is 2.52 bits per heavy atom. The third-order valence-corrected chi connectivity index (χ3v) is 4.20. The molecule has 0 saturated heterocycles. The van der Waals surface area contributed by atoms with E-state index < -0.39 is 0 Å². The first-order chi connectivity index (χ1) is 10.1. The summed E-state index contributed by atoms with van der Waals surface area (Å²) in [6.45, 7) is 1.96. The van der Waals surface area contributed by atoms with Crippen LogP contribution in [0.1, 0.15) is 22.1 Å². The third kappa shape index (κ3) is 3.08.